The van der Waals surface area contributed by atoms with E-state index in [1.54, 1.807) is 16.7 Å². The van der Waals surface area contributed by atoms with Gasteiger partial charge in [0.2, 0.25) is 17.7 Å². The highest BCUT2D eigenvalue weighted by Crippen LogP contribution is 2.62. The molecule has 5 rings (SSSR count). The van der Waals surface area contributed by atoms with Crippen molar-refractivity contribution in [2.45, 2.75) is 61.6 Å². The van der Waals surface area contributed by atoms with Crippen molar-refractivity contribution in [1.29, 1.82) is 0 Å². The van der Waals surface area contributed by atoms with Crippen LogP contribution in [0, 0.1) is 11.8 Å². The lowest BCUT2D eigenvalue weighted by molar-refractivity contribution is -0.147. The maximum absolute atomic E-state index is 14.5. The van der Waals surface area contributed by atoms with E-state index in [0.717, 1.165) is 31.2 Å². The summed E-state index contributed by atoms with van der Waals surface area (Å²) in [4.78, 5) is 48.2. The molecule has 1 N–H and O–H groups in total. The Morgan fingerprint density at radius 3 is 2.39 bits per heavy atom. The molecule has 6 atom stereocenters. The van der Waals surface area contributed by atoms with Crippen molar-refractivity contribution >= 4 is 29.5 Å². The maximum Gasteiger partial charge on any atom is 0.247 e. The average Bonchev–Trinajstić information content (AvgIpc) is 3.25. The molecule has 204 valence electrons. The molecule has 0 bridgehead atoms. The number of hydrogen-bond acceptors (Lipinski definition) is 5. The van der Waals surface area contributed by atoms with Crippen LogP contribution in [0.1, 0.15) is 51.1 Å². The van der Waals surface area contributed by atoms with Crippen molar-refractivity contribution in [3.63, 3.8) is 0 Å². The van der Waals surface area contributed by atoms with E-state index in [-0.39, 0.29) is 29.6 Å². The van der Waals surface area contributed by atoms with Gasteiger partial charge in [0, 0.05) is 31.4 Å². The van der Waals surface area contributed by atoms with E-state index in [4.69, 9.17) is 0 Å². The third kappa shape index (κ3) is 4.39. The van der Waals surface area contributed by atoms with E-state index in [1.165, 1.54) is 0 Å². The Bertz CT molecular complexity index is 1110. The van der Waals surface area contributed by atoms with Crippen LogP contribution in [-0.2, 0) is 14.4 Å². The fourth-order valence-corrected chi connectivity index (χ4v) is 8.76. The molecule has 1 aromatic rings. The molecule has 0 saturated carbocycles. The largest absolute Gasteiger partial charge is 0.394 e. The number of hydrogen-bond donors (Lipinski definition) is 1. The van der Waals surface area contributed by atoms with Gasteiger partial charge >= 0.3 is 0 Å². The van der Waals surface area contributed by atoms with E-state index >= 15 is 0 Å². The third-order valence-corrected chi connectivity index (χ3v) is 10.2. The van der Waals surface area contributed by atoms with E-state index < -0.39 is 28.7 Å². The molecule has 1 unspecified atom stereocenters. The summed E-state index contributed by atoms with van der Waals surface area (Å²) in [5.74, 6) is -1.49. The fraction of sp³-hybridized carbons (Fsp3) is 0.567. The van der Waals surface area contributed by atoms with Gasteiger partial charge in [-0.15, -0.1) is 11.8 Å². The van der Waals surface area contributed by atoms with E-state index in [9.17, 15) is 19.5 Å². The van der Waals surface area contributed by atoms with Crippen molar-refractivity contribution in [1.82, 2.24) is 14.7 Å². The Hall–Kier alpha value is -2.58. The molecular weight excluding hydrogens is 498 g/mol. The van der Waals surface area contributed by atoms with Crippen molar-refractivity contribution in [3.8, 4) is 0 Å². The summed E-state index contributed by atoms with van der Waals surface area (Å²) >= 11 is 1.60. The molecule has 0 aromatic heterocycles. The summed E-state index contributed by atoms with van der Waals surface area (Å²) in [7, 11) is 0. The first-order chi connectivity index (χ1) is 18.5. The van der Waals surface area contributed by atoms with Crippen molar-refractivity contribution in [2.24, 2.45) is 11.8 Å². The molecule has 4 aliphatic heterocycles. The second kappa shape index (κ2) is 11.3. The molecule has 4 heterocycles. The average molecular weight is 538 g/mol. The van der Waals surface area contributed by atoms with Crippen LogP contribution in [0.15, 0.2) is 54.6 Å². The number of aliphatic hydroxyl groups excluding tert-OH is 1. The Labute approximate surface area is 229 Å². The highest BCUT2D eigenvalue weighted by molar-refractivity contribution is 8.02. The number of carbonyl (C=O) groups is 3. The summed E-state index contributed by atoms with van der Waals surface area (Å²) in [6.07, 6.45) is 12.0. The fourth-order valence-electron chi connectivity index (χ4n) is 6.77. The molecule has 38 heavy (non-hydrogen) atoms. The van der Waals surface area contributed by atoms with Gasteiger partial charge < -0.3 is 19.8 Å². The number of thioether (sulfide) groups is 1. The molecule has 7 nitrogen and oxygen atoms in total. The lowest BCUT2D eigenvalue weighted by Gasteiger charge is -2.38. The van der Waals surface area contributed by atoms with Crippen LogP contribution in [-0.4, -0.2) is 86.4 Å². The number of amides is 3. The van der Waals surface area contributed by atoms with Crippen LogP contribution < -0.4 is 0 Å². The number of aliphatic hydroxyl groups is 1. The Morgan fingerprint density at radius 2 is 1.68 bits per heavy atom. The van der Waals surface area contributed by atoms with Crippen LogP contribution in [0.5, 0.6) is 0 Å². The highest BCUT2D eigenvalue weighted by atomic mass is 32.2. The number of unbranched alkanes of at least 4 members (excludes halogenated alkanes) is 2. The Morgan fingerprint density at radius 1 is 0.947 bits per heavy atom. The molecule has 1 aromatic carbocycles. The first-order valence-corrected chi connectivity index (χ1v) is 14.9. The zero-order valence-electron chi connectivity index (χ0n) is 22.4. The van der Waals surface area contributed by atoms with Crippen molar-refractivity contribution in [2.75, 3.05) is 32.8 Å². The van der Waals surface area contributed by atoms with E-state index in [1.807, 2.05) is 59.2 Å². The summed E-state index contributed by atoms with van der Waals surface area (Å²) in [6, 6.07) is 8.00. The van der Waals surface area contributed by atoms with E-state index in [0.29, 0.717) is 26.2 Å². The molecule has 0 radical (unpaired) electrons. The topological polar surface area (TPSA) is 81.2 Å². The number of rotatable bonds is 9. The molecular formula is C30H39N3O4S. The lowest BCUT2D eigenvalue weighted by Crippen LogP contribution is -2.54. The maximum atomic E-state index is 14.5. The predicted molar refractivity (Wildman–Crippen MR) is 149 cm³/mol. The lowest BCUT2D eigenvalue weighted by atomic mass is 9.78. The van der Waals surface area contributed by atoms with Crippen LogP contribution in [0.25, 0.3) is 0 Å². The normalized spacial score (nSPS) is 31.2. The van der Waals surface area contributed by atoms with Crippen LogP contribution in [0.4, 0.5) is 0 Å². The highest BCUT2D eigenvalue weighted by Gasteiger charge is 2.71. The van der Waals surface area contributed by atoms with Gasteiger partial charge in [-0.3, -0.25) is 14.4 Å². The van der Waals surface area contributed by atoms with Gasteiger partial charge in [0.05, 0.1) is 29.2 Å². The van der Waals surface area contributed by atoms with Gasteiger partial charge in [0.25, 0.3) is 0 Å². The first-order valence-electron chi connectivity index (χ1n) is 14.1. The first kappa shape index (κ1) is 27.0. The summed E-state index contributed by atoms with van der Waals surface area (Å²) in [6.45, 7) is 6.20. The second-order valence-electron chi connectivity index (χ2n) is 10.8. The zero-order valence-corrected chi connectivity index (χ0v) is 23.2. The quantitative estimate of drug-likeness (QED) is 0.386. The Balaban J connectivity index is 1.61. The van der Waals surface area contributed by atoms with Gasteiger partial charge in [-0.25, -0.2) is 0 Å². The van der Waals surface area contributed by atoms with Gasteiger partial charge in [0.15, 0.2) is 0 Å². The SMILES string of the molecule is CCCCCN1CC=C[C@]23S[C@H]4C=CCN(CCC)C(=O)[C@H]4[C@H]2C(=O)N([C@H](CO)c2ccccc2)C3C1=O. The number of carbonyl (C=O) groups excluding carboxylic acids is 3. The summed E-state index contributed by atoms with van der Waals surface area (Å²) in [5.41, 5.74) is 0.790. The van der Waals surface area contributed by atoms with Crippen LogP contribution in [0.2, 0.25) is 0 Å². The third-order valence-electron chi connectivity index (χ3n) is 8.48. The molecule has 8 heteroatoms. The monoisotopic (exact) mass is 537 g/mol. The molecule has 4 aliphatic rings. The van der Waals surface area contributed by atoms with Gasteiger partial charge in [0.1, 0.15) is 6.04 Å². The van der Waals surface area contributed by atoms with Gasteiger partial charge in [-0.05, 0) is 18.4 Å². The minimum absolute atomic E-state index is 0.00432. The van der Waals surface area contributed by atoms with Crippen molar-refractivity contribution < 1.29 is 19.5 Å². The van der Waals surface area contributed by atoms with Crippen LogP contribution in [0.3, 0.4) is 0 Å². The minimum atomic E-state index is -0.861. The number of nitrogens with zero attached hydrogens (tertiary/aromatic N) is 3. The second-order valence-corrected chi connectivity index (χ2v) is 12.3. The van der Waals surface area contributed by atoms with Gasteiger partial charge in [-0.2, -0.15) is 0 Å². The predicted octanol–water partition coefficient (Wildman–Crippen LogP) is 3.41. The number of fused-ring (bicyclic) bond motifs is 2. The number of likely N-dealkylation sites (tertiary alicyclic amines) is 1. The number of benzene rings is 1. The zero-order chi connectivity index (χ0) is 26.9. The minimum Gasteiger partial charge on any atom is -0.394 e. The summed E-state index contributed by atoms with van der Waals surface area (Å²) in [5, 5.41) is 10.4. The smallest absolute Gasteiger partial charge is 0.247 e. The summed E-state index contributed by atoms with van der Waals surface area (Å²) < 4.78 is -0.861. The molecule has 0 aliphatic carbocycles. The molecule has 2 fully saturated rings. The van der Waals surface area contributed by atoms with Gasteiger partial charge in [-0.1, -0.05) is 81.3 Å². The Kier molecular flexibility index (Phi) is 8.00. The van der Waals surface area contributed by atoms with Crippen LogP contribution >= 0.6 is 11.8 Å². The molecule has 2 saturated heterocycles. The molecule has 1 spiro atoms. The van der Waals surface area contributed by atoms with E-state index in [2.05, 4.69) is 19.1 Å². The van der Waals surface area contributed by atoms with Crippen molar-refractivity contribution in [3.05, 3.63) is 60.2 Å². The molecule has 3 amide bonds. The standard InChI is InChI=1S/C30H39N3O4S/c1-3-5-9-17-32-19-11-15-30-25(24-23(38-30)14-10-18-31(16-4-2)27(24)35)28(36)33(26(30)29(32)37)22(20-34)21-12-7-6-8-13-21/h6-8,10-15,22-26,34H,3-5,9,16-20H2,1-2H3/t22-,23+,24-,25+,26?,30+/m1/s1.